The first-order valence-electron chi connectivity index (χ1n) is 9.95. The third-order valence-electron chi connectivity index (χ3n) is 4.83. The van der Waals surface area contributed by atoms with Crippen LogP contribution in [0.25, 0.3) is 0 Å². The smallest absolute Gasteiger partial charge is 0.232 e. The van der Waals surface area contributed by atoms with E-state index in [4.69, 9.17) is 19.0 Å². The van der Waals surface area contributed by atoms with E-state index >= 15 is 0 Å². The molecule has 1 aromatic carbocycles. The van der Waals surface area contributed by atoms with E-state index in [0.29, 0.717) is 18.3 Å². The van der Waals surface area contributed by atoms with Gasteiger partial charge < -0.3 is 24.2 Å². The van der Waals surface area contributed by atoms with Crippen LogP contribution in [0, 0.1) is 0 Å². The minimum Gasteiger partial charge on any atom is -0.493 e. The molecule has 1 aliphatic heterocycles. The van der Waals surface area contributed by atoms with Gasteiger partial charge in [-0.3, -0.25) is 0 Å². The van der Waals surface area contributed by atoms with Crippen molar-refractivity contribution in [1.82, 2.24) is 20.4 Å². The Kier molecular flexibility index (Phi) is 8.34. The second-order valence-corrected chi connectivity index (χ2v) is 8.08. The predicted octanol–water partition coefficient (Wildman–Crippen LogP) is 3.53. The van der Waals surface area contributed by atoms with Gasteiger partial charge in [-0.2, -0.15) is 4.98 Å². The van der Waals surface area contributed by atoms with E-state index in [1.54, 1.807) is 14.2 Å². The van der Waals surface area contributed by atoms with Crippen molar-refractivity contribution >= 4 is 29.9 Å². The summed E-state index contributed by atoms with van der Waals surface area (Å²) in [5, 5.41) is 7.44. The van der Waals surface area contributed by atoms with Gasteiger partial charge in [-0.05, 0) is 36.6 Å². The molecule has 0 aliphatic carbocycles. The van der Waals surface area contributed by atoms with Crippen molar-refractivity contribution in [1.29, 1.82) is 0 Å². The summed E-state index contributed by atoms with van der Waals surface area (Å²) in [7, 11) is 3.32. The maximum Gasteiger partial charge on any atom is 0.232 e. The zero-order chi connectivity index (χ0) is 21.0. The van der Waals surface area contributed by atoms with Crippen molar-refractivity contribution in [2.24, 2.45) is 4.99 Å². The van der Waals surface area contributed by atoms with Crippen molar-refractivity contribution < 1.29 is 14.0 Å². The number of nitrogens with one attached hydrogen (secondary N) is 1. The summed E-state index contributed by atoms with van der Waals surface area (Å²) in [6, 6.07) is 4.13. The molecule has 1 aliphatic rings. The lowest BCUT2D eigenvalue weighted by atomic mass is 9.97. The van der Waals surface area contributed by atoms with Gasteiger partial charge in [0.2, 0.25) is 5.89 Å². The summed E-state index contributed by atoms with van der Waals surface area (Å²) in [6.45, 7) is 11.0. The predicted molar refractivity (Wildman–Crippen MR) is 127 cm³/mol. The van der Waals surface area contributed by atoms with Crippen molar-refractivity contribution in [3.8, 4) is 11.5 Å². The topological polar surface area (TPSA) is 85.0 Å². The molecule has 0 atom stereocenters. The molecule has 0 fully saturated rings. The van der Waals surface area contributed by atoms with Crippen molar-refractivity contribution in [2.75, 3.05) is 27.3 Å². The molecule has 9 heteroatoms. The van der Waals surface area contributed by atoms with Gasteiger partial charge in [-0.25, -0.2) is 4.99 Å². The molecule has 0 amide bonds. The fourth-order valence-corrected chi connectivity index (χ4v) is 3.26. The second kappa shape index (κ2) is 10.3. The molecule has 0 saturated heterocycles. The molecule has 1 N–H and O–H groups in total. The van der Waals surface area contributed by atoms with E-state index < -0.39 is 0 Å². The summed E-state index contributed by atoms with van der Waals surface area (Å²) < 4.78 is 16.3. The second-order valence-electron chi connectivity index (χ2n) is 8.08. The molecule has 0 unspecified atom stereocenters. The Morgan fingerprint density at radius 2 is 1.87 bits per heavy atom. The molecule has 0 saturated carbocycles. The van der Waals surface area contributed by atoms with Crippen LogP contribution >= 0.6 is 24.0 Å². The normalized spacial score (nSPS) is 14.1. The number of aromatic nitrogens is 2. The first-order valence-corrected chi connectivity index (χ1v) is 9.95. The molecule has 30 heavy (non-hydrogen) atoms. The van der Waals surface area contributed by atoms with Crippen molar-refractivity contribution in [3.63, 3.8) is 0 Å². The number of aliphatic imine (C=N–C) groups is 1. The van der Waals surface area contributed by atoms with Crippen LogP contribution in [0.3, 0.4) is 0 Å². The number of hydrogen-bond donors (Lipinski definition) is 1. The fraction of sp³-hybridized carbons (Fsp3) is 0.571. The third kappa shape index (κ3) is 5.55. The number of benzene rings is 1. The number of rotatable bonds is 5. The number of halogens is 1. The molecule has 0 bridgehead atoms. The molecule has 1 aromatic heterocycles. The molecule has 0 spiro atoms. The van der Waals surface area contributed by atoms with Gasteiger partial charge in [0.25, 0.3) is 0 Å². The van der Waals surface area contributed by atoms with Crippen LogP contribution in [0.2, 0.25) is 0 Å². The Labute approximate surface area is 195 Å². The summed E-state index contributed by atoms with van der Waals surface area (Å²) >= 11 is 0. The van der Waals surface area contributed by atoms with Gasteiger partial charge in [0.1, 0.15) is 6.54 Å². The van der Waals surface area contributed by atoms with E-state index in [2.05, 4.69) is 39.4 Å². The van der Waals surface area contributed by atoms with Crippen LogP contribution in [0.5, 0.6) is 11.5 Å². The van der Waals surface area contributed by atoms with Gasteiger partial charge in [0, 0.05) is 25.0 Å². The average molecular weight is 529 g/mol. The number of hydrogen-bond acceptors (Lipinski definition) is 6. The van der Waals surface area contributed by atoms with Crippen LogP contribution in [0.4, 0.5) is 0 Å². The van der Waals surface area contributed by atoms with E-state index in [1.165, 1.54) is 11.1 Å². The quantitative estimate of drug-likeness (QED) is 0.361. The summed E-state index contributed by atoms with van der Waals surface area (Å²) in [4.78, 5) is 11.5. The molecule has 3 rings (SSSR count). The first kappa shape index (κ1) is 24.2. The highest BCUT2D eigenvalue weighted by Gasteiger charge is 2.23. The molecule has 166 valence electrons. The van der Waals surface area contributed by atoms with Gasteiger partial charge in [0.05, 0.1) is 14.2 Å². The lowest BCUT2D eigenvalue weighted by Crippen LogP contribution is -2.44. The highest BCUT2D eigenvalue weighted by molar-refractivity contribution is 14.0. The van der Waals surface area contributed by atoms with E-state index in [0.717, 1.165) is 43.5 Å². The summed E-state index contributed by atoms with van der Waals surface area (Å²) in [5.41, 5.74) is 2.33. The van der Waals surface area contributed by atoms with Crippen LogP contribution in [0.1, 0.15) is 50.5 Å². The molecule has 0 radical (unpaired) electrons. The van der Waals surface area contributed by atoms with Crippen LogP contribution < -0.4 is 14.8 Å². The minimum absolute atomic E-state index is 0. The average Bonchev–Trinajstić information content (AvgIpc) is 3.19. The Bertz CT molecular complexity index is 876. The first-order chi connectivity index (χ1) is 13.9. The Morgan fingerprint density at radius 3 is 2.43 bits per heavy atom. The maximum atomic E-state index is 5.46. The largest absolute Gasteiger partial charge is 0.493 e. The van der Waals surface area contributed by atoms with E-state index in [1.807, 2.05) is 20.8 Å². The Hall–Kier alpha value is -2.04. The monoisotopic (exact) mass is 529 g/mol. The number of methoxy groups -OCH3 is 2. The standard InChI is InChI=1S/C21H31N5O3.HI/c1-7-22-20(23-12-18-24-19(29-25-18)21(2,3)4)26-9-8-14-10-16(27-5)17(28-6)11-15(14)13-26;/h10-11H,7-9,12-13H2,1-6H3,(H,22,23);1H. The lowest BCUT2D eigenvalue weighted by molar-refractivity contribution is 0.318. The van der Waals surface area contributed by atoms with Gasteiger partial charge in [-0.1, -0.05) is 25.9 Å². The highest BCUT2D eigenvalue weighted by Crippen LogP contribution is 2.33. The zero-order valence-electron chi connectivity index (χ0n) is 18.6. The fourth-order valence-electron chi connectivity index (χ4n) is 3.26. The molecular weight excluding hydrogens is 497 g/mol. The zero-order valence-corrected chi connectivity index (χ0v) is 20.9. The number of ether oxygens (including phenoxy) is 2. The van der Waals surface area contributed by atoms with Crippen LogP contribution in [-0.4, -0.2) is 48.3 Å². The molecule has 2 aromatic rings. The van der Waals surface area contributed by atoms with Crippen LogP contribution in [-0.2, 0) is 24.9 Å². The summed E-state index contributed by atoms with van der Waals surface area (Å²) in [6.07, 6.45) is 0.913. The summed E-state index contributed by atoms with van der Waals surface area (Å²) in [5.74, 6) is 3.58. The minimum atomic E-state index is -0.170. The van der Waals surface area contributed by atoms with E-state index in [9.17, 15) is 0 Å². The number of fused-ring (bicyclic) bond motifs is 1. The molecule has 2 heterocycles. The number of nitrogens with zero attached hydrogens (tertiary/aromatic N) is 4. The Balaban J connectivity index is 0.00000320. The lowest BCUT2D eigenvalue weighted by Gasteiger charge is -2.32. The molecule has 8 nitrogen and oxygen atoms in total. The third-order valence-corrected chi connectivity index (χ3v) is 4.83. The van der Waals surface area contributed by atoms with Crippen molar-refractivity contribution in [2.45, 2.75) is 52.6 Å². The van der Waals surface area contributed by atoms with Gasteiger partial charge in [0.15, 0.2) is 23.3 Å². The van der Waals surface area contributed by atoms with E-state index in [-0.39, 0.29) is 29.4 Å². The highest BCUT2D eigenvalue weighted by atomic mass is 127. The van der Waals surface area contributed by atoms with Gasteiger partial charge >= 0.3 is 0 Å². The van der Waals surface area contributed by atoms with Crippen molar-refractivity contribution in [3.05, 3.63) is 35.0 Å². The van der Waals surface area contributed by atoms with Gasteiger partial charge in [-0.15, -0.1) is 24.0 Å². The Morgan fingerprint density at radius 1 is 1.20 bits per heavy atom. The van der Waals surface area contributed by atoms with Crippen LogP contribution in [0.15, 0.2) is 21.6 Å². The SMILES string of the molecule is CCNC(=NCc1noc(C(C)(C)C)n1)N1CCc2cc(OC)c(OC)cc2C1.I. The maximum absolute atomic E-state index is 5.46. The number of guanidine groups is 1. The molecular formula is C21H32IN5O3.